The number of hydroxylamine groups is 2. The summed E-state index contributed by atoms with van der Waals surface area (Å²) in [4.78, 5) is 17.2. The number of benzene rings is 1. The lowest BCUT2D eigenvalue weighted by Gasteiger charge is -2.31. The molecule has 1 aromatic carbocycles. The van der Waals surface area contributed by atoms with E-state index in [1.807, 2.05) is 18.2 Å². The molecule has 1 atom stereocenters. The van der Waals surface area contributed by atoms with Gasteiger partial charge in [-0.25, -0.2) is 5.06 Å². The highest BCUT2D eigenvalue weighted by atomic mass is 16.7. The fraction of sp³-hybridized carbons (Fsp3) is 0.438. The lowest BCUT2D eigenvalue weighted by atomic mass is 10.0. The minimum atomic E-state index is 0.0589. The molecule has 0 aromatic heterocycles. The Bertz CT molecular complexity index is 498. The number of carbonyl (C=O) groups is 1. The molecule has 4 nitrogen and oxygen atoms in total. The topological polar surface area (TPSA) is 38.8 Å². The van der Waals surface area contributed by atoms with Gasteiger partial charge < -0.3 is 4.74 Å². The number of hydrogen-bond donors (Lipinski definition) is 0. The molecule has 2 heterocycles. The second-order valence-electron chi connectivity index (χ2n) is 5.25. The van der Waals surface area contributed by atoms with E-state index in [1.165, 1.54) is 16.2 Å². The Morgan fingerprint density at radius 2 is 2.15 bits per heavy atom. The monoisotopic (exact) mass is 273 g/mol. The van der Waals surface area contributed by atoms with Crippen LogP contribution in [0.3, 0.4) is 0 Å². The van der Waals surface area contributed by atoms with E-state index in [0.717, 1.165) is 12.8 Å². The first kappa shape index (κ1) is 13.3. The summed E-state index contributed by atoms with van der Waals surface area (Å²) < 4.78 is 5.99. The molecule has 1 fully saturated rings. The molecule has 0 spiro atoms. The predicted molar refractivity (Wildman–Crippen MR) is 74.6 cm³/mol. The third-order valence-electron chi connectivity index (χ3n) is 3.73. The van der Waals surface area contributed by atoms with E-state index < -0.39 is 0 Å². The van der Waals surface area contributed by atoms with Crippen LogP contribution in [0.1, 0.15) is 24.8 Å². The van der Waals surface area contributed by atoms with Crippen molar-refractivity contribution in [1.82, 2.24) is 5.06 Å². The molecule has 1 aromatic rings. The van der Waals surface area contributed by atoms with Crippen LogP contribution >= 0.6 is 0 Å². The summed E-state index contributed by atoms with van der Waals surface area (Å²) in [5.41, 5.74) is 2.41. The van der Waals surface area contributed by atoms with Gasteiger partial charge in [0.05, 0.1) is 25.9 Å². The number of rotatable bonds is 3. The van der Waals surface area contributed by atoms with Crippen LogP contribution in [-0.4, -0.2) is 30.2 Å². The smallest absolute Gasteiger partial charge is 0.246 e. The maximum absolute atomic E-state index is 11.9. The average Bonchev–Trinajstić information content (AvgIpc) is 2.50. The quantitative estimate of drug-likeness (QED) is 0.794. The zero-order valence-corrected chi connectivity index (χ0v) is 11.5. The standard InChI is InChI=1S/C16H19NO3/c18-16-7-6-15(10-14-8-9-20-17(16)11-14)19-12-13-4-2-1-3-5-13/h1-5,8,15H,6-7,9-12H2/t15-/m1/s1. The summed E-state index contributed by atoms with van der Waals surface area (Å²) in [5, 5.41) is 1.49. The summed E-state index contributed by atoms with van der Waals surface area (Å²) in [6, 6.07) is 10.1. The molecule has 0 N–H and O–H groups in total. The summed E-state index contributed by atoms with van der Waals surface area (Å²) >= 11 is 0. The Morgan fingerprint density at radius 1 is 1.30 bits per heavy atom. The third kappa shape index (κ3) is 3.26. The summed E-state index contributed by atoms with van der Waals surface area (Å²) in [5.74, 6) is 0.0589. The van der Waals surface area contributed by atoms with Gasteiger partial charge in [0.15, 0.2) is 0 Å². The maximum atomic E-state index is 11.9. The molecule has 2 aliphatic rings. The van der Waals surface area contributed by atoms with Crippen molar-refractivity contribution in [3.63, 3.8) is 0 Å². The maximum Gasteiger partial charge on any atom is 0.246 e. The fourth-order valence-electron chi connectivity index (χ4n) is 2.58. The van der Waals surface area contributed by atoms with Crippen molar-refractivity contribution in [3.05, 3.63) is 47.5 Å². The second kappa shape index (κ2) is 6.20. The number of ether oxygens (including phenoxy) is 1. The van der Waals surface area contributed by atoms with Gasteiger partial charge in [0.2, 0.25) is 5.91 Å². The Labute approximate surface area is 118 Å². The van der Waals surface area contributed by atoms with Gasteiger partial charge in [0, 0.05) is 6.42 Å². The Kier molecular flexibility index (Phi) is 4.14. The lowest BCUT2D eigenvalue weighted by molar-refractivity contribution is -0.185. The van der Waals surface area contributed by atoms with Gasteiger partial charge in [-0.3, -0.25) is 9.63 Å². The molecule has 0 aliphatic carbocycles. The molecule has 1 amide bonds. The molecule has 2 aliphatic heterocycles. The van der Waals surface area contributed by atoms with E-state index in [-0.39, 0.29) is 12.0 Å². The van der Waals surface area contributed by atoms with Crippen molar-refractivity contribution < 1.29 is 14.4 Å². The van der Waals surface area contributed by atoms with Crippen LogP contribution in [0.2, 0.25) is 0 Å². The Morgan fingerprint density at radius 3 is 3.00 bits per heavy atom. The van der Waals surface area contributed by atoms with Crippen LogP contribution in [0.25, 0.3) is 0 Å². The molecule has 2 bridgehead atoms. The van der Waals surface area contributed by atoms with Crippen LogP contribution in [0, 0.1) is 0 Å². The van der Waals surface area contributed by atoms with Crippen molar-refractivity contribution >= 4 is 5.91 Å². The molecule has 4 heteroatoms. The molecular formula is C16H19NO3. The van der Waals surface area contributed by atoms with Crippen molar-refractivity contribution in [2.24, 2.45) is 0 Å². The van der Waals surface area contributed by atoms with Crippen LogP contribution in [0.15, 0.2) is 42.0 Å². The minimum Gasteiger partial charge on any atom is -0.373 e. The lowest BCUT2D eigenvalue weighted by Crippen LogP contribution is -2.39. The summed E-state index contributed by atoms with van der Waals surface area (Å²) in [7, 11) is 0. The van der Waals surface area contributed by atoms with E-state index in [0.29, 0.717) is 26.2 Å². The molecule has 0 unspecified atom stereocenters. The zero-order chi connectivity index (χ0) is 13.8. The normalized spacial score (nSPS) is 23.0. The Hall–Kier alpha value is -1.65. The van der Waals surface area contributed by atoms with E-state index in [4.69, 9.17) is 9.57 Å². The average molecular weight is 273 g/mol. The second-order valence-corrected chi connectivity index (χ2v) is 5.25. The van der Waals surface area contributed by atoms with Crippen LogP contribution in [0.4, 0.5) is 0 Å². The van der Waals surface area contributed by atoms with E-state index in [2.05, 4.69) is 18.2 Å². The number of amides is 1. The Balaban J connectivity index is 1.61. The van der Waals surface area contributed by atoms with E-state index in [1.54, 1.807) is 0 Å². The van der Waals surface area contributed by atoms with Crippen molar-refractivity contribution in [1.29, 1.82) is 0 Å². The molecular weight excluding hydrogens is 254 g/mol. The molecule has 0 saturated carbocycles. The highest BCUT2D eigenvalue weighted by molar-refractivity contribution is 5.75. The fourth-order valence-corrected chi connectivity index (χ4v) is 2.58. The van der Waals surface area contributed by atoms with Gasteiger partial charge in [-0.05, 0) is 24.0 Å². The number of nitrogens with zero attached hydrogens (tertiary/aromatic N) is 1. The van der Waals surface area contributed by atoms with Crippen LogP contribution in [0.5, 0.6) is 0 Å². The molecule has 0 radical (unpaired) electrons. The van der Waals surface area contributed by atoms with E-state index in [9.17, 15) is 4.79 Å². The first-order valence-electron chi connectivity index (χ1n) is 7.08. The van der Waals surface area contributed by atoms with Gasteiger partial charge in [-0.2, -0.15) is 0 Å². The van der Waals surface area contributed by atoms with Gasteiger partial charge >= 0.3 is 0 Å². The van der Waals surface area contributed by atoms with Gasteiger partial charge in [-0.15, -0.1) is 0 Å². The minimum absolute atomic E-state index is 0.0589. The molecule has 20 heavy (non-hydrogen) atoms. The number of fused-ring (bicyclic) bond motifs is 2. The van der Waals surface area contributed by atoms with Crippen LogP contribution in [-0.2, 0) is 21.0 Å². The predicted octanol–water partition coefficient (Wildman–Crippen LogP) is 2.46. The van der Waals surface area contributed by atoms with Crippen LogP contribution < -0.4 is 0 Å². The van der Waals surface area contributed by atoms with Gasteiger partial charge in [0.1, 0.15) is 0 Å². The van der Waals surface area contributed by atoms with Crippen molar-refractivity contribution in [2.45, 2.75) is 32.0 Å². The van der Waals surface area contributed by atoms with E-state index >= 15 is 0 Å². The van der Waals surface area contributed by atoms with Gasteiger partial charge in [-0.1, -0.05) is 36.4 Å². The molecule has 1 saturated heterocycles. The summed E-state index contributed by atoms with van der Waals surface area (Å²) in [6.45, 7) is 1.68. The highest BCUT2D eigenvalue weighted by Crippen LogP contribution is 2.23. The summed E-state index contributed by atoms with van der Waals surface area (Å²) in [6.07, 6.45) is 4.31. The molecule has 3 rings (SSSR count). The largest absolute Gasteiger partial charge is 0.373 e. The first-order valence-corrected chi connectivity index (χ1v) is 7.08. The van der Waals surface area contributed by atoms with Crippen molar-refractivity contribution in [3.8, 4) is 0 Å². The number of carbonyl (C=O) groups excluding carboxylic acids is 1. The zero-order valence-electron chi connectivity index (χ0n) is 11.5. The molecule has 106 valence electrons. The third-order valence-corrected chi connectivity index (χ3v) is 3.73. The van der Waals surface area contributed by atoms with Gasteiger partial charge in [0.25, 0.3) is 0 Å². The number of hydrogen-bond acceptors (Lipinski definition) is 3. The SMILES string of the molecule is O=C1CC[C@@H](OCc2ccccc2)CC2=CCON1C2. The highest BCUT2D eigenvalue weighted by Gasteiger charge is 2.26. The first-order chi connectivity index (χ1) is 9.81. The van der Waals surface area contributed by atoms with Crippen molar-refractivity contribution in [2.75, 3.05) is 13.2 Å².